The van der Waals surface area contributed by atoms with Crippen molar-refractivity contribution in [1.29, 1.82) is 0 Å². The van der Waals surface area contributed by atoms with Crippen molar-refractivity contribution in [1.82, 2.24) is 29.6 Å². The van der Waals surface area contributed by atoms with Crippen LogP contribution in [-0.2, 0) is 6.54 Å². The van der Waals surface area contributed by atoms with E-state index < -0.39 is 0 Å². The fourth-order valence-corrected chi connectivity index (χ4v) is 3.56. The van der Waals surface area contributed by atoms with E-state index in [1.54, 1.807) is 18.4 Å². The lowest BCUT2D eigenvalue weighted by Gasteiger charge is -2.33. The number of hydrogen-bond acceptors (Lipinski definition) is 5. The maximum absolute atomic E-state index is 12.7. The van der Waals surface area contributed by atoms with Crippen LogP contribution in [0.5, 0.6) is 0 Å². The number of fused-ring (bicyclic) bond motifs is 1. The number of rotatable bonds is 4. The molecule has 5 rings (SSSR count). The Hall–Kier alpha value is -3.39. The molecule has 0 saturated carbocycles. The third-order valence-electron chi connectivity index (χ3n) is 5.05. The fraction of sp³-hybridized carbons (Fsp3) is 0.250. The van der Waals surface area contributed by atoms with Crippen LogP contribution in [0.25, 0.3) is 17.0 Å². The van der Waals surface area contributed by atoms with Crippen molar-refractivity contribution in [2.24, 2.45) is 0 Å². The number of aromatic amines is 1. The quantitative estimate of drug-likeness (QED) is 0.591. The molecule has 4 aromatic rings. The second-order valence-electron chi connectivity index (χ2n) is 6.92. The minimum Gasteiger partial charge on any atom is -0.463 e. The highest BCUT2D eigenvalue weighted by molar-refractivity contribution is 5.93. The number of piperazine rings is 1. The first-order valence-electron chi connectivity index (χ1n) is 9.30. The van der Waals surface area contributed by atoms with Crippen molar-refractivity contribution in [3.63, 3.8) is 0 Å². The molecule has 1 aliphatic rings. The monoisotopic (exact) mass is 376 g/mol. The lowest BCUT2D eigenvalue weighted by molar-refractivity contribution is 0.0621. The first-order valence-corrected chi connectivity index (χ1v) is 9.30. The first kappa shape index (κ1) is 16.8. The Morgan fingerprint density at radius 2 is 2.00 bits per heavy atom. The normalized spacial score (nSPS) is 15.4. The summed E-state index contributed by atoms with van der Waals surface area (Å²) in [4.78, 5) is 16.9. The fourth-order valence-electron chi connectivity index (χ4n) is 3.56. The van der Waals surface area contributed by atoms with Crippen LogP contribution in [0.2, 0.25) is 0 Å². The summed E-state index contributed by atoms with van der Waals surface area (Å²) in [6.45, 7) is 3.77. The number of furan rings is 1. The van der Waals surface area contributed by atoms with E-state index in [2.05, 4.69) is 26.3 Å². The average Bonchev–Trinajstić information content (AvgIpc) is 3.47. The van der Waals surface area contributed by atoms with Gasteiger partial charge in [0.1, 0.15) is 5.69 Å². The molecule has 0 aromatic carbocycles. The van der Waals surface area contributed by atoms with Gasteiger partial charge in [0.2, 0.25) is 0 Å². The van der Waals surface area contributed by atoms with Gasteiger partial charge >= 0.3 is 0 Å². The third kappa shape index (κ3) is 3.18. The summed E-state index contributed by atoms with van der Waals surface area (Å²) in [5.74, 6) is 0.616. The topological polar surface area (TPSA) is 82.7 Å². The maximum atomic E-state index is 12.7. The molecule has 4 aromatic heterocycles. The van der Waals surface area contributed by atoms with Crippen LogP contribution in [0.3, 0.4) is 0 Å². The standard InChI is InChI=1S/C20H20N6O2/c27-20(18-13-17(21-22-18)19-5-3-11-28-19)25-9-7-24(8-10-25)14-15-12-16-4-1-2-6-26(16)23-15/h1-6,11-13H,7-10,14H2,(H,21,22). The Bertz CT molecular complexity index is 1060. The van der Waals surface area contributed by atoms with Gasteiger partial charge in [-0.05, 0) is 30.3 Å². The molecule has 1 fully saturated rings. The van der Waals surface area contributed by atoms with Crippen LogP contribution >= 0.6 is 0 Å². The molecule has 8 heteroatoms. The second-order valence-corrected chi connectivity index (χ2v) is 6.92. The van der Waals surface area contributed by atoms with Crippen molar-refractivity contribution < 1.29 is 9.21 Å². The van der Waals surface area contributed by atoms with Gasteiger partial charge in [0, 0.05) is 45.0 Å². The van der Waals surface area contributed by atoms with Gasteiger partial charge < -0.3 is 9.32 Å². The maximum Gasteiger partial charge on any atom is 0.274 e. The van der Waals surface area contributed by atoms with Crippen molar-refractivity contribution in [3.8, 4) is 11.5 Å². The third-order valence-corrected chi connectivity index (χ3v) is 5.05. The van der Waals surface area contributed by atoms with Crippen LogP contribution in [0.15, 0.2) is 59.3 Å². The number of aromatic nitrogens is 4. The summed E-state index contributed by atoms with van der Waals surface area (Å²) in [6.07, 6.45) is 3.55. The average molecular weight is 376 g/mol. The molecule has 5 heterocycles. The van der Waals surface area contributed by atoms with E-state index in [1.165, 1.54) is 0 Å². The molecular formula is C20H20N6O2. The molecule has 0 atom stereocenters. The van der Waals surface area contributed by atoms with Crippen molar-refractivity contribution in [2.75, 3.05) is 26.2 Å². The summed E-state index contributed by atoms with van der Waals surface area (Å²) in [6, 6.07) is 13.5. The number of carbonyl (C=O) groups is 1. The molecule has 28 heavy (non-hydrogen) atoms. The number of nitrogens with zero attached hydrogens (tertiary/aromatic N) is 5. The molecule has 1 amide bonds. The van der Waals surface area contributed by atoms with Gasteiger partial charge in [-0.25, -0.2) is 4.52 Å². The number of nitrogens with one attached hydrogen (secondary N) is 1. The smallest absolute Gasteiger partial charge is 0.274 e. The number of carbonyl (C=O) groups excluding carboxylic acids is 1. The van der Waals surface area contributed by atoms with Crippen molar-refractivity contribution in [3.05, 3.63) is 66.3 Å². The van der Waals surface area contributed by atoms with Gasteiger partial charge in [-0.15, -0.1) is 0 Å². The molecule has 142 valence electrons. The zero-order valence-electron chi connectivity index (χ0n) is 15.3. The number of H-pyrrole nitrogens is 1. The molecule has 0 aliphatic carbocycles. The van der Waals surface area contributed by atoms with Gasteiger partial charge in [0.15, 0.2) is 11.5 Å². The second kappa shape index (κ2) is 6.97. The zero-order chi connectivity index (χ0) is 18.9. The van der Waals surface area contributed by atoms with Gasteiger partial charge in [0.25, 0.3) is 5.91 Å². The Morgan fingerprint density at radius 3 is 2.79 bits per heavy atom. The van der Waals surface area contributed by atoms with E-state index in [4.69, 9.17) is 4.42 Å². The molecular weight excluding hydrogens is 356 g/mol. The Labute approximate surface area is 161 Å². The molecule has 1 N–H and O–H groups in total. The van der Waals surface area contributed by atoms with Gasteiger partial charge in [-0.3, -0.25) is 14.8 Å². The predicted molar refractivity (Wildman–Crippen MR) is 103 cm³/mol. The Balaban J connectivity index is 1.20. The largest absolute Gasteiger partial charge is 0.463 e. The molecule has 0 spiro atoms. The highest BCUT2D eigenvalue weighted by Gasteiger charge is 2.24. The summed E-state index contributed by atoms with van der Waals surface area (Å²) in [5.41, 5.74) is 3.26. The Kier molecular flexibility index (Phi) is 4.17. The molecule has 0 radical (unpaired) electrons. The minimum absolute atomic E-state index is 0.0542. The molecule has 8 nitrogen and oxygen atoms in total. The summed E-state index contributed by atoms with van der Waals surface area (Å²) in [5, 5.41) is 11.6. The first-order chi connectivity index (χ1) is 13.8. The number of pyridine rings is 1. The molecule has 0 bridgehead atoms. The van der Waals surface area contributed by atoms with Gasteiger partial charge in [0.05, 0.1) is 17.5 Å². The number of amides is 1. The summed E-state index contributed by atoms with van der Waals surface area (Å²) in [7, 11) is 0. The van der Waals surface area contributed by atoms with Crippen LogP contribution in [0.4, 0.5) is 0 Å². The summed E-state index contributed by atoms with van der Waals surface area (Å²) >= 11 is 0. The van der Waals surface area contributed by atoms with Crippen LogP contribution in [0.1, 0.15) is 16.2 Å². The van der Waals surface area contributed by atoms with E-state index in [9.17, 15) is 4.79 Å². The van der Waals surface area contributed by atoms with E-state index in [1.807, 2.05) is 39.9 Å². The van der Waals surface area contributed by atoms with Crippen molar-refractivity contribution in [2.45, 2.75) is 6.54 Å². The van der Waals surface area contributed by atoms with Gasteiger partial charge in [-0.1, -0.05) is 6.07 Å². The highest BCUT2D eigenvalue weighted by Crippen LogP contribution is 2.19. The number of hydrogen-bond donors (Lipinski definition) is 1. The Morgan fingerprint density at radius 1 is 1.11 bits per heavy atom. The minimum atomic E-state index is -0.0542. The van der Waals surface area contributed by atoms with Crippen molar-refractivity contribution >= 4 is 11.4 Å². The summed E-state index contributed by atoms with van der Waals surface area (Å²) < 4.78 is 7.23. The van der Waals surface area contributed by atoms with Crippen LogP contribution in [0, 0.1) is 0 Å². The molecule has 1 saturated heterocycles. The SMILES string of the molecule is O=C(c1cc(-c2ccco2)[nH]n1)N1CCN(Cc2cc3ccccn3n2)CC1. The predicted octanol–water partition coefficient (Wildman–Crippen LogP) is 2.28. The van der Waals surface area contributed by atoms with Crippen LogP contribution in [-0.4, -0.2) is 61.7 Å². The molecule has 0 unspecified atom stereocenters. The van der Waals surface area contributed by atoms with Gasteiger partial charge in [-0.2, -0.15) is 10.2 Å². The van der Waals surface area contributed by atoms with E-state index >= 15 is 0 Å². The van der Waals surface area contributed by atoms with Crippen LogP contribution < -0.4 is 0 Å². The van der Waals surface area contributed by atoms with E-state index in [0.717, 1.165) is 30.8 Å². The van der Waals surface area contributed by atoms with E-state index in [0.29, 0.717) is 30.2 Å². The van der Waals surface area contributed by atoms with E-state index in [-0.39, 0.29) is 5.91 Å². The highest BCUT2D eigenvalue weighted by atomic mass is 16.3. The zero-order valence-corrected chi connectivity index (χ0v) is 15.3. The lowest BCUT2D eigenvalue weighted by Crippen LogP contribution is -2.48. The molecule has 1 aliphatic heterocycles. The lowest BCUT2D eigenvalue weighted by atomic mass is 10.2.